The fourth-order valence-electron chi connectivity index (χ4n) is 3.54. The van der Waals surface area contributed by atoms with E-state index in [1.54, 1.807) is 13.0 Å². The van der Waals surface area contributed by atoms with E-state index in [2.05, 4.69) is 19.9 Å². The summed E-state index contributed by atoms with van der Waals surface area (Å²) in [7, 11) is -3.73. The number of fused-ring (bicyclic) bond motifs is 1. The second-order valence-corrected chi connectivity index (χ2v) is 8.27. The van der Waals surface area contributed by atoms with Gasteiger partial charge in [-0.25, -0.2) is 17.8 Å². The van der Waals surface area contributed by atoms with Gasteiger partial charge in [0.15, 0.2) is 5.52 Å². The summed E-state index contributed by atoms with van der Waals surface area (Å²) in [4.78, 5) is 2.26. The maximum Gasteiger partial charge on any atom is 0.243 e. The molecule has 0 aliphatic carbocycles. The van der Waals surface area contributed by atoms with Crippen molar-refractivity contribution in [2.45, 2.75) is 44.0 Å². The lowest BCUT2D eigenvalue weighted by atomic mass is 10.0. The predicted molar refractivity (Wildman–Crippen MR) is 92.8 cm³/mol. The molecule has 3 rings (SSSR count). The molecule has 138 valence electrons. The molecule has 2 aromatic rings. The third kappa shape index (κ3) is 3.69. The molecule has 1 fully saturated rings. The molecule has 1 aromatic carbocycles. The summed E-state index contributed by atoms with van der Waals surface area (Å²) in [6.07, 6.45) is 3.13. The van der Waals surface area contributed by atoms with Gasteiger partial charge in [0, 0.05) is 19.1 Å². The van der Waals surface area contributed by atoms with E-state index >= 15 is 0 Å². The third-order valence-electron chi connectivity index (χ3n) is 4.79. The SMILES string of the molecule is Cc1cc(C)c2nonc2c1S(=O)(=O)NCCN1CCCC[C@H]1CO. The minimum atomic E-state index is -3.73. The number of sulfonamides is 1. The summed E-state index contributed by atoms with van der Waals surface area (Å²) in [5.74, 6) is 0. The third-order valence-corrected chi connectivity index (χ3v) is 6.42. The number of aliphatic hydroxyl groups excluding tert-OH is 1. The van der Waals surface area contributed by atoms with Gasteiger partial charge in [-0.2, -0.15) is 0 Å². The monoisotopic (exact) mass is 368 g/mol. The van der Waals surface area contributed by atoms with Gasteiger partial charge in [-0.1, -0.05) is 12.5 Å². The van der Waals surface area contributed by atoms with E-state index in [9.17, 15) is 13.5 Å². The molecule has 9 heteroatoms. The quantitative estimate of drug-likeness (QED) is 0.782. The van der Waals surface area contributed by atoms with Crippen LogP contribution in [0, 0.1) is 13.8 Å². The number of aryl methyl sites for hydroxylation is 2. The van der Waals surface area contributed by atoms with Gasteiger partial charge in [-0.15, -0.1) is 0 Å². The first-order valence-corrected chi connectivity index (χ1v) is 9.99. The normalized spacial score (nSPS) is 19.6. The average Bonchev–Trinajstić information content (AvgIpc) is 3.04. The van der Waals surface area contributed by atoms with Crippen molar-refractivity contribution in [1.82, 2.24) is 19.9 Å². The van der Waals surface area contributed by atoms with Gasteiger partial charge in [-0.3, -0.25) is 4.90 Å². The van der Waals surface area contributed by atoms with E-state index in [4.69, 9.17) is 4.63 Å². The smallest absolute Gasteiger partial charge is 0.243 e. The van der Waals surface area contributed by atoms with Gasteiger partial charge in [-0.05, 0) is 54.7 Å². The van der Waals surface area contributed by atoms with E-state index in [1.807, 2.05) is 6.92 Å². The topological polar surface area (TPSA) is 109 Å². The van der Waals surface area contributed by atoms with Crippen molar-refractivity contribution in [1.29, 1.82) is 0 Å². The molecule has 0 saturated carbocycles. The fourth-order valence-corrected chi connectivity index (χ4v) is 4.91. The van der Waals surface area contributed by atoms with Crippen LogP contribution >= 0.6 is 0 Å². The molecule has 1 aromatic heterocycles. The molecule has 1 aliphatic heterocycles. The number of rotatable bonds is 6. The molecule has 1 aliphatic rings. The Bertz CT molecular complexity index is 849. The minimum absolute atomic E-state index is 0.106. The molecule has 0 radical (unpaired) electrons. The van der Waals surface area contributed by atoms with Gasteiger partial charge in [0.25, 0.3) is 0 Å². The van der Waals surface area contributed by atoms with Crippen molar-refractivity contribution in [2.75, 3.05) is 26.2 Å². The highest BCUT2D eigenvalue weighted by Crippen LogP contribution is 2.26. The molecule has 0 unspecified atom stereocenters. The van der Waals surface area contributed by atoms with Crippen LogP contribution < -0.4 is 4.72 Å². The van der Waals surface area contributed by atoms with Crippen LogP contribution in [0.3, 0.4) is 0 Å². The first-order valence-electron chi connectivity index (χ1n) is 8.51. The summed E-state index contributed by atoms with van der Waals surface area (Å²) < 4.78 is 32.9. The molecule has 8 nitrogen and oxygen atoms in total. The van der Waals surface area contributed by atoms with Gasteiger partial charge in [0.2, 0.25) is 10.0 Å². The molecule has 2 heterocycles. The van der Waals surface area contributed by atoms with E-state index in [1.165, 1.54) is 0 Å². The number of aromatic nitrogens is 2. The Hall–Kier alpha value is -1.55. The molecule has 0 bridgehead atoms. The van der Waals surface area contributed by atoms with Crippen LogP contribution in [0.2, 0.25) is 0 Å². The summed E-state index contributed by atoms with van der Waals surface area (Å²) in [6.45, 7) is 5.41. The maximum atomic E-state index is 12.8. The van der Waals surface area contributed by atoms with Crippen molar-refractivity contribution in [2.24, 2.45) is 0 Å². The molecule has 0 amide bonds. The highest BCUT2D eigenvalue weighted by Gasteiger charge is 2.26. The maximum absolute atomic E-state index is 12.8. The standard InChI is InChI=1S/C16H24N4O4S/c1-11-9-12(2)16(15-14(11)18-24-19-15)25(22,23)17-6-8-20-7-4-3-5-13(20)10-21/h9,13,17,21H,3-8,10H2,1-2H3/t13-/m0/s1. The number of nitrogens with one attached hydrogen (secondary N) is 1. The zero-order chi connectivity index (χ0) is 18.0. The first kappa shape index (κ1) is 18.2. The Morgan fingerprint density at radius 3 is 2.80 bits per heavy atom. The molecule has 0 spiro atoms. The lowest BCUT2D eigenvalue weighted by Crippen LogP contribution is -2.45. The number of benzene rings is 1. The Morgan fingerprint density at radius 2 is 2.04 bits per heavy atom. The Kier molecular flexibility index (Phi) is 5.38. The van der Waals surface area contributed by atoms with Crippen LogP contribution in [0.15, 0.2) is 15.6 Å². The van der Waals surface area contributed by atoms with Crippen LogP contribution in [0.5, 0.6) is 0 Å². The van der Waals surface area contributed by atoms with Crippen molar-refractivity contribution >= 4 is 21.1 Å². The molecule has 1 saturated heterocycles. The zero-order valence-corrected chi connectivity index (χ0v) is 15.3. The van der Waals surface area contributed by atoms with Crippen molar-refractivity contribution in [3.63, 3.8) is 0 Å². The number of aliphatic hydroxyl groups is 1. The predicted octanol–water partition coefficient (Wildman–Crippen LogP) is 0.965. The fraction of sp³-hybridized carbons (Fsp3) is 0.625. The number of hydrogen-bond donors (Lipinski definition) is 2. The highest BCUT2D eigenvalue weighted by molar-refractivity contribution is 7.89. The highest BCUT2D eigenvalue weighted by atomic mass is 32.2. The first-order chi connectivity index (χ1) is 11.9. The van der Waals surface area contributed by atoms with Crippen molar-refractivity contribution < 1.29 is 18.2 Å². The van der Waals surface area contributed by atoms with Crippen LogP contribution in [-0.2, 0) is 10.0 Å². The minimum Gasteiger partial charge on any atom is -0.395 e. The average molecular weight is 368 g/mol. The largest absolute Gasteiger partial charge is 0.395 e. The molecule has 25 heavy (non-hydrogen) atoms. The van der Waals surface area contributed by atoms with E-state index < -0.39 is 10.0 Å². The van der Waals surface area contributed by atoms with E-state index in [-0.39, 0.29) is 29.6 Å². The number of piperidine rings is 1. The molecule has 1 atom stereocenters. The van der Waals surface area contributed by atoms with E-state index in [0.29, 0.717) is 17.6 Å². The zero-order valence-electron chi connectivity index (χ0n) is 14.5. The van der Waals surface area contributed by atoms with Gasteiger partial charge in [0.05, 0.1) is 6.61 Å². The summed E-state index contributed by atoms with van der Waals surface area (Å²) >= 11 is 0. The van der Waals surface area contributed by atoms with Crippen LogP contribution in [0.1, 0.15) is 30.4 Å². The summed E-state index contributed by atoms with van der Waals surface area (Å²) in [5, 5.41) is 17.0. The van der Waals surface area contributed by atoms with Crippen LogP contribution in [0.4, 0.5) is 0 Å². The van der Waals surface area contributed by atoms with Crippen LogP contribution in [0.25, 0.3) is 11.0 Å². The summed E-state index contributed by atoms with van der Waals surface area (Å²) in [6, 6.07) is 1.89. The number of hydrogen-bond acceptors (Lipinski definition) is 7. The Balaban J connectivity index is 1.76. The van der Waals surface area contributed by atoms with Crippen molar-refractivity contribution in [3.05, 3.63) is 17.2 Å². The lowest BCUT2D eigenvalue weighted by Gasteiger charge is -2.34. The molecular formula is C16H24N4O4S. The van der Waals surface area contributed by atoms with Crippen molar-refractivity contribution in [3.8, 4) is 0 Å². The van der Waals surface area contributed by atoms with Crippen LogP contribution in [-0.4, -0.2) is 61.0 Å². The van der Waals surface area contributed by atoms with E-state index in [0.717, 1.165) is 31.4 Å². The van der Waals surface area contributed by atoms with Gasteiger partial charge < -0.3 is 5.11 Å². The number of nitrogens with zero attached hydrogens (tertiary/aromatic N) is 3. The van der Waals surface area contributed by atoms with Gasteiger partial charge >= 0.3 is 0 Å². The second kappa shape index (κ2) is 7.36. The Morgan fingerprint density at radius 1 is 1.28 bits per heavy atom. The number of likely N-dealkylation sites (tertiary alicyclic amines) is 1. The van der Waals surface area contributed by atoms with Gasteiger partial charge in [0.1, 0.15) is 10.4 Å². The Labute approximate surface area is 147 Å². The summed E-state index contributed by atoms with van der Waals surface area (Å²) in [5.41, 5.74) is 2.16. The lowest BCUT2D eigenvalue weighted by molar-refractivity contribution is 0.0923. The molecule has 2 N–H and O–H groups in total. The molecular weight excluding hydrogens is 344 g/mol. The second-order valence-electron chi connectivity index (χ2n) is 6.57.